The number of ether oxygens (including phenoxy) is 1. The highest BCUT2D eigenvalue weighted by Gasteiger charge is 2.01. The molecule has 0 N–H and O–H groups in total. The topological polar surface area (TPSA) is 26.3 Å². The van der Waals surface area contributed by atoms with Crippen LogP contribution in [0.15, 0.2) is 6.08 Å². The summed E-state index contributed by atoms with van der Waals surface area (Å²) < 4.78 is 4.94. The molecule has 0 aliphatic heterocycles. The summed E-state index contributed by atoms with van der Waals surface area (Å²) in [5, 5.41) is 0. The van der Waals surface area contributed by atoms with E-state index in [1.54, 1.807) is 13.1 Å². The van der Waals surface area contributed by atoms with Crippen molar-refractivity contribution >= 4 is 5.94 Å². The van der Waals surface area contributed by atoms with Gasteiger partial charge in [0, 0.05) is 19.8 Å². The molecule has 2 heteroatoms. The fourth-order valence-corrected chi connectivity index (χ4v) is 0.803. The van der Waals surface area contributed by atoms with Crippen LogP contribution in [0.4, 0.5) is 0 Å². The molecule has 0 bridgehead atoms. The van der Waals surface area contributed by atoms with Gasteiger partial charge in [-0.1, -0.05) is 13.3 Å². The molecule has 0 aromatic heterocycles. The van der Waals surface area contributed by atoms with Crippen molar-refractivity contribution in [3.8, 4) is 0 Å². The summed E-state index contributed by atoms with van der Waals surface area (Å²) in [7, 11) is 1.67. The summed E-state index contributed by atoms with van der Waals surface area (Å²) in [6, 6.07) is 0. The molecule has 58 valence electrons. The minimum Gasteiger partial charge on any atom is -0.384 e. The van der Waals surface area contributed by atoms with Gasteiger partial charge in [0.15, 0.2) is 0 Å². The highest BCUT2D eigenvalue weighted by Crippen LogP contribution is 2.07. The summed E-state index contributed by atoms with van der Waals surface area (Å²) in [5.74, 6) is 2.24. The van der Waals surface area contributed by atoms with Crippen LogP contribution in [-0.4, -0.2) is 19.7 Å². The van der Waals surface area contributed by atoms with Crippen LogP contribution in [0.25, 0.3) is 0 Å². The SMILES string of the molecule is CCC(CC=C=O)COC. The van der Waals surface area contributed by atoms with Gasteiger partial charge in [-0.05, 0) is 12.3 Å². The highest BCUT2D eigenvalue weighted by molar-refractivity contribution is 5.44. The molecule has 0 heterocycles. The maximum atomic E-state index is 9.81. The molecule has 0 spiro atoms. The first-order chi connectivity index (χ1) is 4.85. The molecular formula is C8H14O2. The average Bonchev–Trinajstić information content (AvgIpc) is 1.98. The zero-order valence-corrected chi connectivity index (χ0v) is 6.59. The lowest BCUT2D eigenvalue weighted by Crippen LogP contribution is -2.05. The molecule has 0 amide bonds. The lowest BCUT2D eigenvalue weighted by atomic mass is 10.0. The third-order valence-corrected chi connectivity index (χ3v) is 1.51. The van der Waals surface area contributed by atoms with Crippen LogP contribution >= 0.6 is 0 Å². The Bertz CT molecular complexity index is 114. The van der Waals surface area contributed by atoms with Crippen molar-refractivity contribution in [3.05, 3.63) is 6.08 Å². The van der Waals surface area contributed by atoms with Gasteiger partial charge >= 0.3 is 0 Å². The maximum absolute atomic E-state index is 9.81. The van der Waals surface area contributed by atoms with Crippen LogP contribution in [0.1, 0.15) is 19.8 Å². The fraction of sp³-hybridized carbons (Fsp3) is 0.750. The molecule has 0 aromatic carbocycles. The van der Waals surface area contributed by atoms with Gasteiger partial charge in [0.1, 0.15) is 5.94 Å². The summed E-state index contributed by atoms with van der Waals surface area (Å²) in [5.41, 5.74) is 0. The molecule has 10 heavy (non-hydrogen) atoms. The molecule has 0 aliphatic carbocycles. The Labute approximate surface area is 61.9 Å². The van der Waals surface area contributed by atoms with Crippen molar-refractivity contribution < 1.29 is 9.53 Å². The zero-order chi connectivity index (χ0) is 7.82. The molecule has 2 nitrogen and oxygen atoms in total. The van der Waals surface area contributed by atoms with Crippen LogP contribution in [-0.2, 0) is 9.53 Å². The smallest absolute Gasteiger partial charge is 0.120 e. The number of carbonyl (C=O) groups excluding carboxylic acids is 1. The van der Waals surface area contributed by atoms with Crippen LogP contribution in [0.2, 0.25) is 0 Å². The van der Waals surface area contributed by atoms with E-state index in [4.69, 9.17) is 4.74 Å². The first kappa shape index (κ1) is 9.41. The van der Waals surface area contributed by atoms with Crippen molar-refractivity contribution in [2.75, 3.05) is 13.7 Å². The Morgan fingerprint density at radius 1 is 1.70 bits per heavy atom. The molecule has 1 atom stereocenters. The first-order valence-corrected chi connectivity index (χ1v) is 3.53. The second-order valence-corrected chi connectivity index (χ2v) is 2.29. The van der Waals surface area contributed by atoms with Gasteiger partial charge in [0.05, 0.1) is 0 Å². The van der Waals surface area contributed by atoms with Crippen LogP contribution in [0, 0.1) is 5.92 Å². The number of rotatable bonds is 5. The predicted molar refractivity (Wildman–Crippen MR) is 40.5 cm³/mol. The number of allylic oxidation sites excluding steroid dienone is 1. The quantitative estimate of drug-likeness (QED) is 0.543. The minimum atomic E-state index is 0.478. The van der Waals surface area contributed by atoms with Gasteiger partial charge in [-0.15, -0.1) is 0 Å². The average molecular weight is 142 g/mol. The van der Waals surface area contributed by atoms with E-state index in [1.807, 2.05) is 0 Å². The summed E-state index contributed by atoms with van der Waals surface area (Å²) >= 11 is 0. The zero-order valence-electron chi connectivity index (χ0n) is 6.59. The van der Waals surface area contributed by atoms with E-state index in [2.05, 4.69) is 6.92 Å². The lowest BCUT2D eigenvalue weighted by Gasteiger charge is -2.08. The molecule has 0 fully saturated rings. The molecule has 0 radical (unpaired) electrons. The number of hydrogen-bond donors (Lipinski definition) is 0. The van der Waals surface area contributed by atoms with Gasteiger partial charge in [-0.2, -0.15) is 0 Å². The largest absolute Gasteiger partial charge is 0.384 e. The third-order valence-electron chi connectivity index (χ3n) is 1.51. The van der Waals surface area contributed by atoms with Crippen molar-refractivity contribution in [3.63, 3.8) is 0 Å². The van der Waals surface area contributed by atoms with E-state index in [0.29, 0.717) is 5.92 Å². The van der Waals surface area contributed by atoms with E-state index >= 15 is 0 Å². The molecule has 0 saturated heterocycles. The Hall–Kier alpha value is -0.590. The minimum absolute atomic E-state index is 0.478. The number of methoxy groups -OCH3 is 1. The lowest BCUT2D eigenvalue weighted by molar-refractivity contribution is 0.151. The van der Waals surface area contributed by atoms with Crippen LogP contribution in [0.3, 0.4) is 0 Å². The fourth-order valence-electron chi connectivity index (χ4n) is 0.803. The Balaban J connectivity index is 3.48. The van der Waals surface area contributed by atoms with E-state index in [1.165, 1.54) is 6.08 Å². The Kier molecular flexibility index (Phi) is 6.14. The first-order valence-electron chi connectivity index (χ1n) is 3.53. The van der Waals surface area contributed by atoms with E-state index < -0.39 is 0 Å². The van der Waals surface area contributed by atoms with Gasteiger partial charge in [0.2, 0.25) is 0 Å². The molecule has 0 rings (SSSR count). The summed E-state index contributed by atoms with van der Waals surface area (Å²) in [6.07, 6.45) is 3.35. The monoisotopic (exact) mass is 142 g/mol. The van der Waals surface area contributed by atoms with E-state index in [9.17, 15) is 4.79 Å². The van der Waals surface area contributed by atoms with Gasteiger partial charge in [-0.25, -0.2) is 4.79 Å². The number of hydrogen-bond acceptors (Lipinski definition) is 2. The van der Waals surface area contributed by atoms with Crippen LogP contribution < -0.4 is 0 Å². The van der Waals surface area contributed by atoms with Gasteiger partial charge in [0.25, 0.3) is 0 Å². The van der Waals surface area contributed by atoms with E-state index in [-0.39, 0.29) is 0 Å². The normalized spacial score (nSPS) is 12.2. The molecular weight excluding hydrogens is 128 g/mol. The van der Waals surface area contributed by atoms with Crippen molar-refractivity contribution in [1.29, 1.82) is 0 Å². The maximum Gasteiger partial charge on any atom is 0.120 e. The molecule has 0 aliphatic rings. The van der Waals surface area contributed by atoms with Crippen molar-refractivity contribution in [2.45, 2.75) is 19.8 Å². The van der Waals surface area contributed by atoms with Gasteiger partial charge < -0.3 is 4.74 Å². The highest BCUT2D eigenvalue weighted by atomic mass is 16.5. The molecule has 0 saturated carbocycles. The summed E-state index contributed by atoms with van der Waals surface area (Å²) in [4.78, 5) is 9.81. The summed E-state index contributed by atoms with van der Waals surface area (Å²) in [6.45, 7) is 2.82. The predicted octanol–water partition coefficient (Wildman–Crippen LogP) is 1.44. The van der Waals surface area contributed by atoms with Crippen molar-refractivity contribution in [1.82, 2.24) is 0 Å². The second-order valence-electron chi connectivity index (χ2n) is 2.29. The third kappa shape index (κ3) is 4.30. The Morgan fingerprint density at radius 2 is 2.40 bits per heavy atom. The molecule has 0 aromatic rings. The van der Waals surface area contributed by atoms with Gasteiger partial charge in [-0.3, -0.25) is 0 Å². The standard InChI is InChI=1S/C8H14O2/c1-3-8(7-10-2)5-4-6-9/h4,8H,3,5,7H2,1-2H3. The van der Waals surface area contributed by atoms with E-state index in [0.717, 1.165) is 19.4 Å². The van der Waals surface area contributed by atoms with Crippen LogP contribution in [0.5, 0.6) is 0 Å². The second kappa shape index (κ2) is 6.53. The van der Waals surface area contributed by atoms with Crippen molar-refractivity contribution in [2.24, 2.45) is 5.92 Å². The Morgan fingerprint density at radius 3 is 2.80 bits per heavy atom. The molecule has 1 unspecified atom stereocenters.